The molecule has 102 valence electrons. The lowest BCUT2D eigenvalue weighted by atomic mass is 10.2. The van der Waals surface area contributed by atoms with Crippen LogP contribution in [-0.4, -0.2) is 29.3 Å². The fourth-order valence-corrected chi connectivity index (χ4v) is 2.80. The van der Waals surface area contributed by atoms with E-state index in [-0.39, 0.29) is 0 Å². The maximum Gasteiger partial charge on any atom is 0.123 e. The molecule has 1 aromatic heterocycles. The van der Waals surface area contributed by atoms with E-state index in [9.17, 15) is 0 Å². The first kappa shape index (κ1) is 12.9. The van der Waals surface area contributed by atoms with Gasteiger partial charge in [0.05, 0.1) is 30.2 Å². The number of hydrogen-bond acceptors (Lipinski definition) is 3. The average Bonchev–Trinajstić information content (AvgIpc) is 3.00. The lowest BCUT2D eigenvalue weighted by Gasteiger charge is -2.14. The van der Waals surface area contributed by atoms with Gasteiger partial charge in [0.2, 0.25) is 0 Å². The second-order valence-electron chi connectivity index (χ2n) is 4.94. The molecule has 0 spiro atoms. The molecule has 1 saturated heterocycles. The number of halogens is 1. The molecule has 5 heteroatoms. The number of benzene rings is 1. The van der Waals surface area contributed by atoms with Gasteiger partial charge < -0.3 is 14.6 Å². The van der Waals surface area contributed by atoms with Gasteiger partial charge in [0.1, 0.15) is 5.82 Å². The Balaban J connectivity index is 2.01. The van der Waals surface area contributed by atoms with Crippen molar-refractivity contribution in [3.63, 3.8) is 0 Å². The van der Waals surface area contributed by atoms with E-state index >= 15 is 0 Å². The van der Waals surface area contributed by atoms with Crippen molar-refractivity contribution in [1.29, 1.82) is 0 Å². The summed E-state index contributed by atoms with van der Waals surface area (Å²) in [7, 11) is 1.93. The molecule has 0 bridgehead atoms. The standard InChI is InChI=1S/C14H18ClN3O/c1-16-8-14-17-12-5-4-10(15)7-13(12)18(14)9-11-3-2-6-19-11/h4-5,7,11,16H,2-3,6,8-9H2,1H3. The van der Waals surface area contributed by atoms with Crippen LogP contribution < -0.4 is 5.32 Å². The summed E-state index contributed by atoms with van der Waals surface area (Å²) in [6, 6.07) is 5.84. The maximum absolute atomic E-state index is 6.11. The molecular formula is C14H18ClN3O. The molecule has 1 aliphatic heterocycles. The van der Waals surface area contributed by atoms with E-state index in [1.807, 2.05) is 25.2 Å². The summed E-state index contributed by atoms with van der Waals surface area (Å²) < 4.78 is 7.97. The first-order valence-corrected chi connectivity index (χ1v) is 7.06. The van der Waals surface area contributed by atoms with Crippen molar-refractivity contribution in [2.45, 2.75) is 32.0 Å². The molecule has 1 N–H and O–H groups in total. The van der Waals surface area contributed by atoms with Gasteiger partial charge in [-0.1, -0.05) is 11.6 Å². The summed E-state index contributed by atoms with van der Waals surface area (Å²) >= 11 is 6.11. The van der Waals surface area contributed by atoms with Crippen molar-refractivity contribution >= 4 is 22.6 Å². The van der Waals surface area contributed by atoms with E-state index in [1.165, 1.54) is 0 Å². The molecule has 0 amide bonds. The van der Waals surface area contributed by atoms with Crippen LogP contribution in [0.1, 0.15) is 18.7 Å². The van der Waals surface area contributed by atoms with E-state index in [0.29, 0.717) is 6.10 Å². The Hall–Kier alpha value is -1.10. The third-order valence-corrected chi connectivity index (χ3v) is 3.77. The van der Waals surface area contributed by atoms with Crippen LogP contribution in [0.25, 0.3) is 11.0 Å². The molecule has 0 saturated carbocycles. The second-order valence-corrected chi connectivity index (χ2v) is 5.37. The number of aromatic nitrogens is 2. The number of fused-ring (bicyclic) bond motifs is 1. The zero-order valence-electron chi connectivity index (χ0n) is 11.0. The minimum absolute atomic E-state index is 0.298. The Morgan fingerprint density at radius 2 is 2.42 bits per heavy atom. The van der Waals surface area contributed by atoms with E-state index in [4.69, 9.17) is 16.3 Å². The zero-order valence-corrected chi connectivity index (χ0v) is 11.8. The highest BCUT2D eigenvalue weighted by molar-refractivity contribution is 6.31. The number of rotatable bonds is 4. The summed E-state index contributed by atoms with van der Waals surface area (Å²) in [5.74, 6) is 1.04. The molecule has 1 aliphatic rings. The Kier molecular flexibility index (Phi) is 3.73. The number of nitrogens with zero attached hydrogens (tertiary/aromatic N) is 2. The Labute approximate surface area is 117 Å². The SMILES string of the molecule is CNCc1nc2ccc(Cl)cc2n1CC1CCCO1. The van der Waals surface area contributed by atoms with Gasteiger partial charge in [-0.05, 0) is 38.1 Å². The summed E-state index contributed by atoms with van der Waals surface area (Å²) in [5, 5.41) is 3.91. The van der Waals surface area contributed by atoms with Crippen LogP contribution in [0.3, 0.4) is 0 Å². The number of hydrogen-bond donors (Lipinski definition) is 1. The molecule has 3 rings (SSSR count). The Bertz CT molecular complexity index is 575. The Morgan fingerprint density at radius 3 is 3.16 bits per heavy atom. The molecule has 1 atom stereocenters. The molecule has 1 aromatic carbocycles. The minimum Gasteiger partial charge on any atom is -0.376 e. The predicted octanol–water partition coefficient (Wildman–Crippen LogP) is 2.59. The number of ether oxygens (including phenoxy) is 1. The lowest BCUT2D eigenvalue weighted by molar-refractivity contribution is 0.0971. The molecular weight excluding hydrogens is 262 g/mol. The quantitative estimate of drug-likeness (QED) is 0.935. The normalized spacial score (nSPS) is 19.4. The number of nitrogens with one attached hydrogen (secondary N) is 1. The first-order valence-electron chi connectivity index (χ1n) is 6.69. The van der Waals surface area contributed by atoms with E-state index in [1.54, 1.807) is 0 Å². The van der Waals surface area contributed by atoms with Crippen LogP contribution in [-0.2, 0) is 17.8 Å². The highest BCUT2D eigenvalue weighted by Gasteiger charge is 2.19. The summed E-state index contributed by atoms with van der Waals surface area (Å²) in [4.78, 5) is 4.67. The van der Waals surface area contributed by atoms with Crippen LogP contribution in [0.4, 0.5) is 0 Å². The van der Waals surface area contributed by atoms with Gasteiger partial charge in [-0.25, -0.2) is 4.98 Å². The third-order valence-electron chi connectivity index (χ3n) is 3.53. The monoisotopic (exact) mass is 279 g/mol. The molecule has 19 heavy (non-hydrogen) atoms. The van der Waals surface area contributed by atoms with Crippen molar-refractivity contribution in [2.75, 3.05) is 13.7 Å². The van der Waals surface area contributed by atoms with Crippen molar-refractivity contribution < 1.29 is 4.74 Å². The molecule has 2 aromatic rings. The highest BCUT2D eigenvalue weighted by atomic mass is 35.5. The molecule has 0 radical (unpaired) electrons. The van der Waals surface area contributed by atoms with Crippen molar-refractivity contribution in [3.05, 3.63) is 29.0 Å². The van der Waals surface area contributed by atoms with Crippen molar-refractivity contribution in [3.8, 4) is 0 Å². The smallest absolute Gasteiger partial charge is 0.123 e. The number of imidazole rings is 1. The molecule has 4 nitrogen and oxygen atoms in total. The van der Waals surface area contributed by atoms with E-state index in [0.717, 1.165) is 54.4 Å². The average molecular weight is 280 g/mol. The van der Waals surface area contributed by atoms with Gasteiger partial charge in [-0.3, -0.25) is 0 Å². The van der Waals surface area contributed by atoms with Crippen molar-refractivity contribution in [2.24, 2.45) is 0 Å². The van der Waals surface area contributed by atoms with Gasteiger partial charge in [0.15, 0.2) is 0 Å². The van der Waals surface area contributed by atoms with Crippen LogP contribution >= 0.6 is 11.6 Å². The van der Waals surface area contributed by atoms with E-state index in [2.05, 4.69) is 14.9 Å². The maximum atomic E-state index is 6.11. The summed E-state index contributed by atoms with van der Waals surface area (Å²) in [6.07, 6.45) is 2.57. The topological polar surface area (TPSA) is 39.1 Å². The minimum atomic E-state index is 0.298. The van der Waals surface area contributed by atoms with Crippen molar-refractivity contribution in [1.82, 2.24) is 14.9 Å². The second kappa shape index (κ2) is 5.49. The van der Waals surface area contributed by atoms with Crippen LogP contribution in [0.5, 0.6) is 0 Å². The van der Waals surface area contributed by atoms with E-state index < -0.39 is 0 Å². The van der Waals surface area contributed by atoms with Gasteiger partial charge >= 0.3 is 0 Å². The zero-order chi connectivity index (χ0) is 13.2. The molecule has 0 aliphatic carbocycles. The molecule has 2 heterocycles. The first-order chi connectivity index (χ1) is 9.28. The fourth-order valence-electron chi connectivity index (χ4n) is 2.63. The van der Waals surface area contributed by atoms with Gasteiger partial charge in [0.25, 0.3) is 0 Å². The van der Waals surface area contributed by atoms with Crippen LogP contribution in [0, 0.1) is 0 Å². The summed E-state index contributed by atoms with van der Waals surface area (Å²) in [6.45, 7) is 2.48. The molecule has 1 fully saturated rings. The van der Waals surface area contributed by atoms with Gasteiger partial charge in [0, 0.05) is 11.6 Å². The fraction of sp³-hybridized carbons (Fsp3) is 0.500. The lowest BCUT2D eigenvalue weighted by Crippen LogP contribution is -2.19. The van der Waals surface area contributed by atoms with Gasteiger partial charge in [-0.2, -0.15) is 0 Å². The van der Waals surface area contributed by atoms with Crippen LogP contribution in [0.2, 0.25) is 5.02 Å². The highest BCUT2D eigenvalue weighted by Crippen LogP contribution is 2.23. The Morgan fingerprint density at radius 1 is 1.53 bits per heavy atom. The summed E-state index contributed by atoms with van der Waals surface area (Å²) in [5.41, 5.74) is 2.08. The van der Waals surface area contributed by atoms with Crippen LogP contribution in [0.15, 0.2) is 18.2 Å². The predicted molar refractivity (Wildman–Crippen MR) is 76.5 cm³/mol. The molecule has 1 unspecified atom stereocenters. The van der Waals surface area contributed by atoms with Gasteiger partial charge in [-0.15, -0.1) is 0 Å². The largest absolute Gasteiger partial charge is 0.376 e. The third kappa shape index (κ3) is 2.61.